The highest BCUT2D eigenvalue weighted by molar-refractivity contribution is 6.08. The number of hydrogen-bond acceptors (Lipinski definition) is 10. The summed E-state index contributed by atoms with van der Waals surface area (Å²) in [4.78, 5) is 34.5. The molecule has 2 aromatic rings. The monoisotopic (exact) mass is 517 g/mol. The first-order chi connectivity index (χ1) is 18.1. The molecule has 3 heterocycles. The Labute approximate surface area is 216 Å². The summed E-state index contributed by atoms with van der Waals surface area (Å²) in [5, 5.41) is 5.66. The first-order valence-electron chi connectivity index (χ1n) is 12.4. The van der Waals surface area contributed by atoms with Crippen LogP contribution >= 0.6 is 0 Å². The molecule has 1 aromatic carbocycles. The standard InChI is InChI=1S/C25H35N5O7/c1-33-9-5-26-23(31)20-13-18(14-29-6-12-36-19(15-29)16-34-2)3-4-21(20)27-24(32)22-17-37-25(28-22)30-7-10-35-11-8-30/h3-4,13,17,19H,5-12,14-16H2,1-2H3,(H,26,31)(H,27,32)/t19-/m0/s1. The fourth-order valence-electron chi connectivity index (χ4n) is 4.27. The van der Waals surface area contributed by atoms with E-state index in [0.717, 1.165) is 18.7 Å². The predicted molar refractivity (Wildman–Crippen MR) is 135 cm³/mol. The molecular formula is C25H35N5O7. The molecule has 0 spiro atoms. The van der Waals surface area contributed by atoms with Gasteiger partial charge in [0.25, 0.3) is 17.8 Å². The highest BCUT2D eigenvalue weighted by Crippen LogP contribution is 2.22. The van der Waals surface area contributed by atoms with Gasteiger partial charge in [0.2, 0.25) is 0 Å². The minimum absolute atomic E-state index is 0.0129. The van der Waals surface area contributed by atoms with Crippen LogP contribution in [0.1, 0.15) is 26.4 Å². The number of carbonyl (C=O) groups excluding carboxylic acids is 2. The quantitative estimate of drug-likeness (QED) is 0.417. The molecule has 0 bridgehead atoms. The van der Waals surface area contributed by atoms with Crippen molar-refractivity contribution in [2.24, 2.45) is 0 Å². The molecule has 0 unspecified atom stereocenters. The zero-order valence-corrected chi connectivity index (χ0v) is 21.4. The normalized spacial score (nSPS) is 18.5. The van der Waals surface area contributed by atoms with Gasteiger partial charge in [-0.3, -0.25) is 14.5 Å². The van der Waals surface area contributed by atoms with Gasteiger partial charge in [0.15, 0.2) is 5.69 Å². The van der Waals surface area contributed by atoms with E-state index in [4.69, 9.17) is 23.4 Å². The van der Waals surface area contributed by atoms with Crippen molar-refractivity contribution in [1.29, 1.82) is 0 Å². The molecule has 2 aliphatic heterocycles. The summed E-state index contributed by atoms with van der Waals surface area (Å²) in [6.45, 7) is 6.49. The number of benzene rings is 1. The number of rotatable bonds is 11. The molecule has 0 saturated carbocycles. The summed E-state index contributed by atoms with van der Waals surface area (Å²) in [5.41, 5.74) is 1.83. The van der Waals surface area contributed by atoms with Crippen LogP contribution in [0.25, 0.3) is 0 Å². The number of methoxy groups -OCH3 is 2. The fourth-order valence-corrected chi connectivity index (χ4v) is 4.27. The van der Waals surface area contributed by atoms with E-state index in [1.54, 1.807) is 26.4 Å². The van der Waals surface area contributed by atoms with Gasteiger partial charge >= 0.3 is 0 Å². The van der Waals surface area contributed by atoms with Crippen LogP contribution in [0.2, 0.25) is 0 Å². The average molecular weight is 518 g/mol. The van der Waals surface area contributed by atoms with Crippen LogP contribution in [0, 0.1) is 0 Å². The van der Waals surface area contributed by atoms with Gasteiger partial charge in [0, 0.05) is 53.5 Å². The van der Waals surface area contributed by atoms with E-state index in [2.05, 4.69) is 20.5 Å². The third kappa shape index (κ3) is 7.49. The van der Waals surface area contributed by atoms with Crippen LogP contribution in [0.4, 0.5) is 11.7 Å². The number of anilines is 2. The van der Waals surface area contributed by atoms with Crippen molar-refractivity contribution < 1.29 is 33.0 Å². The lowest BCUT2D eigenvalue weighted by Gasteiger charge is -2.32. The van der Waals surface area contributed by atoms with Crippen LogP contribution < -0.4 is 15.5 Å². The van der Waals surface area contributed by atoms with E-state index in [1.807, 2.05) is 11.0 Å². The van der Waals surface area contributed by atoms with Crippen LogP contribution in [0.5, 0.6) is 0 Å². The zero-order chi connectivity index (χ0) is 26.0. The molecule has 37 heavy (non-hydrogen) atoms. The lowest BCUT2D eigenvalue weighted by molar-refractivity contribution is -0.0631. The summed E-state index contributed by atoms with van der Waals surface area (Å²) in [5.74, 6) is -0.764. The molecular weight excluding hydrogens is 482 g/mol. The van der Waals surface area contributed by atoms with Gasteiger partial charge in [0.1, 0.15) is 6.26 Å². The Kier molecular flexibility index (Phi) is 9.85. The number of carbonyl (C=O) groups is 2. The maximum Gasteiger partial charge on any atom is 0.298 e. The predicted octanol–water partition coefficient (Wildman–Crippen LogP) is 0.987. The number of ether oxygens (including phenoxy) is 4. The van der Waals surface area contributed by atoms with Gasteiger partial charge < -0.3 is 38.9 Å². The lowest BCUT2D eigenvalue weighted by atomic mass is 10.1. The number of morpholine rings is 2. The summed E-state index contributed by atoms with van der Waals surface area (Å²) in [7, 11) is 3.23. The molecule has 0 radical (unpaired) electrons. The Morgan fingerprint density at radius 2 is 1.95 bits per heavy atom. The highest BCUT2D eigenvalue weighted by Gasteiger charge is 2.23. The molecule has 1 atom stereocenters. The Morgan fingerprint density at radius 3 is 2.73 bits per heavy atom. The smallest absolute Gasteiger partial charge is 0.298 e. The van der Waals surface area contributed by atoms with Gasteiger partial charge in [0.05, 0.1) is 50.4 Å². The van der Waals surface area contributed by atoms with Crippen LogP contribution in [0.3, 0.4) is 0 Å². The molecule has 2 aliphatic rings. The molecule has 0 aliphatic carbocycles. The minimum Gasteiger partial charge on any atom is -0.431 e. The van der Waals surface area contributed by atoms with E-state index in [1.165, 1.54) is 6.26 Å². The van der Waals surface area contributed by atoms with E-state index in [0.29, 0.717) is 76.5 Å². The number of nitrogens with zero attached hydrogens (tertiary/aromatic N) is 3. The molecule has 4 rings (SSSR count). The van der Waals surface area contributed by atoms with Gasteiger partial charge in [-0.2, -0.15) is 4.98 Å². The van der Waals surface area contributed by atoms with Crippen LogP contribution in [-0.4, -0.2) is 108 Å². The van der Waals surface area contributed by atoms with Crippen molar-refractivity contribution in [3.05, 3.63) is 41.3 Å². The van der Waals surface area contributed by atoms with E-state index >= 15 is 0 Å². The van der Waals surface area contributed by atoms with Gasteiger partial charge in [-0.1, -0.05) is 6.07 Å². The Balaban J connectivity index is 1.48. The third-order valence-corrected chi connectivity index (χ3v) is 6.16. The number of nitrogens with one attached hydrogen (secondary N) is 2. The molecule has 2 saturated heterocycles. The van der Waals surface area contributed by atoms with E-state index in [9.17, 15) is 9.59 Å². The zero-order valence-electron chi connectivity index (χ0n) is 21.4. The topological polar surface area (TPSA) is 128 Å². The van der Waals surface area contributed by atoms with Crippen molar-refractivity contribution in [1.82, 2.24) is 15.2 Å². The van der Waals surface area contributed by atoms with Crippen molar-refractivity contribution >= 4 is 23.5 Å². The van der Waals surface area contributed by atoms with E-state index < -0.39 is 5.91 Å². The summed E-state index contributed by atoms with van der Waals surface area (Å²) in [6, 6.07) is 5.83. The van der Waals surface area contributed by atoms with Gasteiger partial charge in [-0.15, -0.1) is 0 Å². The Bertz CT molecular complexity index is 1040. The van der Waals surface area contributed by atoms with Crippen LogP contribution in [-0.2, 0) is 25.5 Å². The maximum atomic E-state index is 13.0. The third-order valence-electron chi connectivity index (χ3n) is 6.16. The number of oxazole rings is 1. The summed E-state index contributed by atoms with van der Waals surface area (Å²) in [6.07, 6.45) is 1.33. The second-order valence-corrected chi connectivity index (χ2v) is 8.88. The fraction of sp³-hybridized carbons (Fsp3) is 0.560. The maximum absolute atomic E-state index is 13.0. The molecule has 12 nitrogen and oxygen atoms in total. The molecule has 2 amide bonds. The molecule has 1 aromatic heterocycles. The molecule has 2 N–H and O–H groups in total. The van der Waals surface area contributed by atoms with Gasteiger partial charge in [-0.05, 0) is 17.7 Å². The summed E-state index contributed by atoms with van der Waals surface area (Å²) < 4.78 is 26.9. The highest BCUT2D eigenvalue weighted by atomic mass is 16.5. The second kappa shape index (κ2) is 13.5. The largest absolute Gasteiger partial charge is 0.431 e. The van der Waals surface area contributed by atoms with Crippen molar-refractivity contribution in [2.45, 2.75) is 12.6 Å². The number of hydrogen-bond donors (Lipinski definition) is 2. The number of aromatic nitrogens is 1. The SMILES string of the molecule is COCCNC(=O)c1cc(CN2CCO[C@H](COC)C2)ccc1NC(=O)c1coc(N2CCOCC2)n1. The molecule has 202 valence electrons. The molecule has 12 heteroatoms. The van der Waals surface area contributed by atoms with Crippen LogP contribution in [0.15, 0.2) is 28.9 Å². The lowest BCUT2D eigenvalue weighted by Crippen LogP contribution is -2.43. The van der Waals surface area contributed by atoms with Crippen molar-refractivity contribution in [2.75, 3.05) is 90.2 Å². The second-order valence-electron chi connectivity index (χ2n) is 8.88. The molecule has 2 fully saturated rings. The Hall–Kier alpha value is -3.03. The Morgan fingerprint density at radius 1 is 1.11 bits per heavy atom. The first kappa shape index (κ1) is 27.0. The first-order valence-corrected chi connectivity index (χ1v) is 12.4. The minimum atomic E-state index is -0.461. The van der Waals surface area contributed by atoms with E-state index in [-0.39, 0.29) is 17.7 Å². The van der Waals surface area contributed by atoms with Crippen molar-refractivity contribution in [3.8, 4) is 0 Å². The van der Waals surface area contributed by atoms with Gasteiger partial charge in [-0.25, -0.2) is 0 Å². The number of amides is 2. The average Bonchev–Trinajstić information content (AvgIpc) is 3.41. The summed E-state index contributed by atoms with van der Waals surface area (Å²) >= 11 is 0. The van der Waals surface area contributed by atoms with Crippen molar-refractivity contribution in [3.63, 3.8) is 0 Å².